The first-order valence-electron chi connectivity index (χ1n) is 9.44. The molecule has 0 unspecified atom stereocenters. The van der Waals surface area contributed by atoms with Crippen LogP contribution in [0.4, 0.5) is 0 Å². The molecule has 2 heterocycles. The van der Waals surface area contributed by atoms with Gasteiger partial charge in [-0.3, -0.25) is 4.79 Å². The van der Waals surface area contributed by atoms with E-state index in [9.17, 15) is 4.79 Å². The fourth-order valence-electron chi connectivity index (χ4n) is 3.84. The topological polar surface area (TPSA) is 50.8 Å². The first kappa shape index (κ1) is 21.2. The van der Waals surface area contributed by atoms with Gasteiger partial charge in [0.15, 0.2) is 0 Å². The molecule has 0 aromatic heterocycles. The number of piperidine rings is 2. The van der Waals surface area contributed by atoms with Gasteiger partial charge in [-0.05, 0) is 50.8 Å². The van der Waals surface area contributed by atoms with E-state index in [0.717, 1.165) is 64.9 Å². The smallest absolute Gasteiger partial charge is 0.254 e. The van der Waals surface area contributed by atoms with E-state index in [0.29, 0.717) is 0 Å². The second-order valence-electron chi connectivity index (χ2n) is 7.05. The van der Waals surface area contributed by atoms with Crippen molar-refractivity contribution in [1.82, 2.24) is 10.2 Å². The summed E-state index contributed by atoms with van der Waals surface area (Å²) >= 11 is 0. The third kappa shape index (κ3) is 5.19. The molecule has 1 aromatic rings. The summed E-state index contributed by atoms with van der Waals surface area (Å²) in [6.07, 6.45) is 4.56. The SMILES string of the molecule is COC1(C(=O)N2CCC(OCCc3ccccc3)CC2)CCNCC1.Cl. The van der Waals surface area contributed by atoms with Gasteiger partial charge in [-0.15, -0.1) is 12.4 Å². The molecule has 0 aliphatic carbocycles. The Balaban J connectivity index is 0.00000243. The van der Waals surface area contributed by atoms with Crippen molar-refractivity contribution in [3.63, 3.8) is 0 Å². The van der Waals surface area contributed by atoms with E-state index >= 15 is 0 Å². The molecule has 26 heavy (non-hydrogen) atoms. The Morgan fingerprint density at radius 3 is 2.46 bits per heavy atom. The van der Waals surface area contributed by atoms with Gasteiger partial charge in [0.1, 0.15) is 5.60 Å². The highest BCUT2D eigenvalue weighted by Gasteiger charge is 2.43. The van der Waals surface area contributed by atoms with Crippen LogP contribution in [-0.2, 0) is 20.7 Å². The van der Waals surface area contributed by atoms with E-state index in [1.807, 2.05) is 11.0 Å². The minimum atomic E-state index is -0.619. The van der Waals surface area contributed by atoms with Crippen LogP contribution in [0.25, 0.3) is 0 Å². The average molecular weight is 383 g/mol. The Morgan fingerprint density at radius 2 is 1.85 bits per heavy atom. The number of rotatable bonds is 6. The van der Waals surface area contributed by atoms with Crippen molar-refractivity contribution in [3.05, 3.63) is 35.9 Å². The summed E-state index contributed by atoms with van der Waals surface area (Å²) in [5.41, 5.74) is 0.690. The zero-order valence-corrected chi connectivity index (χ0v) is 16.4. The summed E-state index contributed by atoms with van der Waals surface area (Å²) < 4.78 is 11.7. The number of methoxy groups -OCH3 is 1. The Hall–Kier alpha value is -1.14. The zero-order chi connectivity index (χ0) is 17.5. The summed E-state index contributed by atoms with van der Waals surface area (Å²) in [6, 6.07) is 10.4. The van der Waals surface area contributed by atoms with Crippen LogP contribution in [0.3, 0.4) is 0 Å². The summed E-state index contributed by atoms with van der Waals surface area (Å²) in [5, 5.41) is 3.30. The van der Waals surface area contributed by atoms with Crippen LogP contribution in [0, 0.1) is 0 Å². The molecule has 2 fully saturated rings. The highest BCUT2D eigenvalue weighted by molar-refractivity contribution is 5.86. The molecule has 1 N–H and O–H groups in total. The van der Waals surface area contributed by atoms with E-state index in [-0.39, 0.29) is 24.4 Å². The van der Waals surface area contributed by atoms with Crippen molar-refractivity contribution < 1.29 is 14.3 Å². The van der Waals surface area contributed by atoms with Crippen LogP contribution in [-0.4, -0.2) is 62.4 Å². The van der Waals surface area contributed by atoms with Crippen molar-refractivity contribution in [2.75, 3.05) is 39.9 Å². The molecule has 5 nitrogen and oxygen atoms in total. The molecule has 2 aliphatic heterocycles. The normalized spacial score (nSPS) is 20.4. The molecule has 3 rings (SSSR count). The number of hydrogen-bond acceptors (Lipinski definition) is 4. The maximum Gasteiger partial charge on any atom is 0.254 e. The third-order valence-corrected chi connectivity index (χ3v) is 5.51. The van der Waals surface area contributed by atoms with Gasteiger partial charge in [0.05, 0.1) is 12.7 Å². The maximum absolute atomic E-state index is 12.9. The fourth-order valence-corrected chi connectivity index (χ4v) is 3.84. The molecule has 0 radical (unpaired) electrons. The summed E-state index contributed by atoms with van der Waals surface area (Å²) in [5.74, 6) is 0.166. The molecule has 6 heteroatoms. The van der Waals surface area contributed by atoms with Crippen LogP contribution < -0.4 is 5.32 Å². The molecule has 0 spiro atoms. The minimum absolute atomic E-state index is 0. The first-order chi connectivity index (χ1) is 12.2. The second kappa shape index (κ2) is 10.3. The van der Waals surface area contributed by atoms with Crippen molar-refractivity contribution in [2.24, 2.45) is 0 Å². The summed E-state index contributed by atoms with van der Waals surface area (Å²) in [6.45, 7) is 3.98. The number of benzene rings is 1. The van der Waals surface area contributed by atoms with Crippen molar-refractivity contribution in [2.45, 2.75) is 43.8 Å². The highest BCUT2D eigenvalue weighted by Crippen LogP contribution is 2.27. The monoisotopic (exact) mass is 382 g/mol. The van der Waals surface area contributed by atoms with E-state index in [1.165, 1.54) is 5.56 Å². The molecule has 0 bridgehead atoms. The molecule has 146 valence electrons. The Labute approximate surface area is 162 Å². The molecule has 0 saturated carbocycles. The van der Waals surface area contributed by atoms with Crippen LogP contribution in [0.15, 0.2) is 30.3 Å². The first-order valence-corrected chi connectivity index (χ1v) is 9.44. The molecule has 1 aromatic carbocycles. The second-order valence-corrected chi connectivity index (χ2v) is 7.05. The third-order valence-electron chi connectivity index (χ3n) is 5.51. The fraction of sp³-hybridized carbons (Fsp3) is 0.650. The average Bonchev–Trinajstić information content (AvgIpc) is 2.69. The molecule has 2 saturated heterocycles. The van der Waals surface area contributed by atoms with Gasteiger partial charge < -0.3 is 19.7 Å². The quantitative estimate of drug-likeness (QED) is 0.821. The lowest BCUT2D eigenvalue weighted by Crippen LogP contribution is -2.57. The van der Waals surface area contributed by atoms with Crippen LogP contribution in [0.2, 0.25) is 0 Å². The number of halogens is 1. The van der Waals surface area contributed by atoms with Crippen LogP contribution in [0.5, 0.6) is 0 Å². The van der Waals surface area contributed by atoms with Crippen molar-refractivity contribution in [1.29, 1.82) is 0 Å². The van der Waals surface area contributed by atoms with Crippen molar-refractivity contribution in [3.8, 4) is 0 Å². The lowest BCUT2D eigenvalue weighted by molar-refractivity contribution is -0.160. The van der Waals surface area contributed by atoms with E-state index in [2.05, 4.69) is 29.6 Å². The van der Waals surface area contributed by atoms with Gasteiger partial charge in [0.25, 0.3) is 5.91 Å². The molecular weight excluding hydrogens is 352 g/mol. The molecule has 0 atom stereocenters. The van der Waals surface area contributed by atoms with Gasteiger partial charge in [-0.25, -0.2) is 0 Å². The number of nitrogens with one attached hydrogen (secondary N) is 1. The zero-order valence-electron chi connectivity index (χ0n) is 15.6. The van der Waals surface area contributed by atoms with Crippen molar-refractivity contribution >= 4 is 18.3 Å². The number of carbonyl (C=O) groups is 1. The number of carbonyl (C=O) groups excluding carboxylic acids is 1. The van der Waals surface area contributed by atoms with Crippen LogP contribution in [0.1, 0.15) is 31.2 Å². The summed E-state index contributed by atoms with van der Waals surface area (Å²) in [7, 11) is 1.67. The van der Waals surface area contributed by atoms with E-state index in [4.69, 9.17) is 9.47 Å². The number of likely N-dealkylation sites (tertiary alicyclic amines) is 1. The minimum Gasteiger partial charge on any atom is -0.378 e. The van der Waals surface area contributed by atoms with Gasteiger partial charge in [-0.2, -0.15) is 0 Å². The predicted molar refractivity (Wildman–Crippen MR) is 105 cm³/mol. The highest BCUT2D eigenvalue weighted by atomic mass is 35.5. The molecule has 2 aliphatic rings. The van der Waals surface area contributed by atoms with Gasteiger partial charge >= 0.3 is 0 Å². The number of hydrogen-bond donors (Lipinski definition) is 1. The molecule has 1 amide bonds. The lowest BCUT2D eigenvalue weighted by atomic mass is 9.89. The molecular formula is C20H31ClN2O3. The Morgan fingerprint density at radius 1 is 1.19 bits per heavy atom. The van der Waals surface area contributed by atoms with E-state index in [1.54, 1.807) is 7.11 Å². The van der Waals surface area contributed by atoms with Gasteiger partial charge in [0, 0.05) is 20.2 Å². The van der Waals surface area contributed by atoms with Gasteiger partial charge in [-0.1, -0.05) is 30.3 Å². The standard InChI is InChI=1S/C20H30N2O3.ClH/c1-24-20(10-12-21-13-11-20)19(23)22-14-7-18(8-15-22)25-16-9-17-5-3-2-4-6-17;/h2-6,18,21H,7-16H2,1H3;1H. The predicted octanol–water partition coefficient (Wildman–Crippen LogP) is 2.43. The Kier molecular flexibility index (Phi) is 8.35. The van der Waals surface area contributed by atoms with Crippen LogP contribution >= 0.6 is 12.4 Å². The Bertz CT molecular complexity index is 541. The largest absolute Gasteiger partial charge is 0.378 e. The van der Waals surface area contributed by atoms with E-state index < -0.39 is 5.60 Å². The lowest BCUT2D eigenvalue weighted by Gasteiger charge is -2.41. The van der Waals surface area contributed by atoms with Gasteiger partial charge in [0.2, 0.25) is 0 Å². The number of nitrogens with zero attached hydrogens (tertiary/aromatic N) is 1. The number of amides is 1. The summed E-state index contributed by atoms with van der Waals surface area (Å²) in [4.78, 5) is 14.9. The number of ether oxygens (including phenoxy) is 2. The maximum atomic E-state index is 12.9.